The zero-order valence-electron chi connectivity index (χ0n) is 13.7. The maximum Gasteiger partial charge on any atom is 0.347 e. The average molecular weight is 337 g/mol. The molecule has 0 aliphatic carbocycles. The van der Waals surface area contributed by atoms with E-state index in [-0.39, 0.29) is 10.9 Å². The highest BCUT2D eigenvalue weighted by molar-refractivity contribution is 6.31. The predicted molar refractivity (Wildman–Crippen MR) is 89.2 cm³/mol. The summed E-state index contributed by atoms with van der Waals surface area (Å²) in [5.41, 5.74) is 0.971. The van der Waals surface area contributed by atoms with Gasteiger partial charge in [-0.25, -0.2) is 4.79 Å². The summed E-state index contributed by atoms with van der Waals surface area (Å²) in [6.45, 7) is 7.74. The largest absolute Gasteiger partial charge is 0.478 e. The van der Waals surface area contributed by atoms with Gasteiger partial charge in [0.15, 0.2) is 0 Å². The Labute approximate surface area is 140 Å². The molecule has 23 heavy (non-hydrogen) atoms. The van der Waals surface area contributed by atoms with Crippen LogP contribution >= 0.6 is 11.6 Å². The maximum absolute atomic E-state index is 11.1. The molecule has 0 saturated carbocycles. The monoisotopic (exact) mass is 336 g/mol. The second-order valence-electron chi connectivity index (χ2n) is 6.29. The van der Waals surface area contributed by atoms with Crippen LogP contribution in [0.25, 0.3) is 0 Å². The number of aromatic nitrogens is 2. The Balaban J connectivity index is 2.13. The molecule has 0 saturated heterocycles. The van der Waals surface area contributed by atoms with E-state index in [2.05, 4.69) is 31.1 Å². The van der Waals surface area contributed by atoms with E-state index in [0.29, 0.717) is 12.5 Å². The fourth-order valence-electron chi connectivity index (χ4n) is 2.01. The first-order valence-electron chi connectivity index (χ1n) is 7.43. The second kappa shape index (κ2) is 6.62. The van der Waals surface area contributed by atoms with Gasteiger partial charge >= 0.3 is 5.97 Å². The van der Waals surface area contributed by atoms with Gasteiger partial charge in [-0.15, -0.1) is 5.10 Å². The number of carboxylic acid groups (broad SMARTS) is 1. The Hall–Kier alpha value is -2.01. The number of hydrogen-bond acceptors (Lipinski definition) is 3. The Kier molecular flexibility index (Phi) is 5.00. The third-order valence-electron chi connectivity index (χ3n) is 3.54. The van der Waals surface area contributed by atoms with Crippen LogP contribution in [0, 0.1) is 0 Å². The van der Waals surface area contributed by atoms with Crippen molar-refractivity contribution in [1.82, 2.24) is 9.78 Å². The first kappa shape index (κ1) is 17.3. The predicted octanol–water partition coefficient (Wildman–Crippen LogP) is 3.95. The normalized spacial score (nSPS) is 11.7. The van der Waals surface area contributed by atoms with Crippen LogP contribution in [0.15, 0.2) is 30.5 Å². The fraction of sp³-hybridized carbons (Fsp3) is 0.412. The lowest BCUT2D eigenvalue weighted by Crippen LogP contribution is -2.38. The highest BCUT2D eigenvalue weighted by atomic mass is 35.5. The lowest BCUT2D eigenvalue weighted by Gasteiger charge is -2.19. The number of rotatable bonds is 6. The van der Waals surface area contributed by atoms with E-state index in [9.17, 15) is 4.79 Å². The molecule has 0 amide bonds. The smallest absolute Gasteiger partial charge is 0.347 e. The van der Waals surface area contributed by atoms with Crippen LogP contribution in [0.3, 0.4) is 0 Å². The van der Waals surface area contributed by atoms with Crippen LogP contribution in [0.5, 0.6) is 5.88 Å². The molecule has 0 aliphatic heterocycles. The third-order valence-corrected chi connectivity index (χ3v) is 3.80. The van der Waals surface area contributed by atoms with Gasteiger partial charge in [-0.2, -0.15) is 0 Å². The summed E-state index contributed by atoms with van der Waals surface area (Å²) >= 11 is 6.09. The number of nitrogens with zero attached hydrogens (tertiary/aromatic N) is 2. The number of carbonyl (C=O) groups is 1. The van der Waals surface area contributed by atoms with E-state index in [1.165, 1.54) is 19.4 Å². The first-order valence-corrected chi connectivity index (χ1v) is 7.81. The summed E-state index contributed by atoms with van der Waals surface area (Å²) in [5, 5.41) is 13.6. The van der Waals surface area contributed by atoms with Gasteiger partial charge in [0.1, 0.15) is 5.02 Å². The van der Waals surface area contributed by atoms with Gasteiger partial charge < -0.3 is 9.84 Å². The first-order chi connectivity index (χ1) is 10.7. The third kappa shape index (κ3) is 4.26. The number of benzene rings is 1. The van der Waals surface area contributed by atoms with Gasteiger partial charge in [0.25, 0.3) is 5.88 Å². The zero-order chi connectivity index (χ0) is 17.2. The van der Waals surface area contributed by atoms with Crippen LogP contribution < -0.4 is 4.74 Å². The molecule has 0 radical (unpaired) electrons. The quantitative estimate of drug-likeness (QED) is 0.867. The molecule has 1 aromatic heterocycles. The Morgan fingerprint density at radius 1 is 1.35 bits per heavy atom. The van der Waals surface area contributed by atoms with Crippen LogP contribution in [0.2, 0.25) is 5.02 Å². The van der Waals surface area contributed by atoms with Crippen LogP contribution in [0.1, 0.15) is 44.7 Å². The molecular weight excluding hydrogens is 316 g/mol. The van der Waals surface area contributed by atoms with Crippen molar-refractivity contribution in [1.29, 1.82) is 0 Å². The lowest BCUT2D eigenvalue weighted by molar-refractivity contribution is -0.152. The number of hydrogen-bond donors (Lipinski definition) is 1. The van der Waals surface area contributed by atoms with E-state index in [1.54, 1.807) is 10.9 Å². The topological polar surface area (TPSA) is 64.3 Å². The summed E-state index contributed by atoms with van der Waals surface area (Å²) in [5.74, 6) is -0.466. The fourth-order valence-corrected chi connectivity index (χ4v) is 2.20. The van der Waals surface area contributed by atoms with E-state index in [0.717, 1.165) is 5.56 Å². The minimum atomic E-state index is -1.39. The van der Waals surface area contributed by atoms with Crippen molar-refractivity contribution in [3.63, 3.8) is 0 Å². The molecule has 2 aromatic rings. The standard InChI is InChI=1S/C17H21ClN2O3/c1-11(2)13-7-5-12(6-8-13)9-20-10-14(18)15(19-20)23-17(3,4)16(21)22/h5-8,10-11H,9H2,1-4H3,(H,21,22). The van der Waals surface area contributed by atoms with E-state index < -0.39 is 11.6 Å². The van der Waals surface area contributed by atoms with Gasteiger partial charge in [-0.3, -0.25) is 4.68 Å². The highest BCUT2D eigenvalue weighted by Crippen LogP contribution is 2.26. The summed E-state index contributed by atoms with van der Waals surface area (Å²) in [6.07, 6.45) is 1.63. The summed E-state index contributed by atoms with van der Waals surface area (Å²) in [7, 11) is 0. The minimum Gasteiger partial charge on any atom is -0.478 e. The van der Waals surface area contributed by atoms with Gasteiger partial charge in [0.05, 0.1) is 6.54 Å². The lowest BCUT2D eigenvalue weighted by atomic mass is 10.0. The molecule has 2 rings (SSSR count). The molecule has 1 N–H and O–H groups in total. The molecule has 0 fully saturated rings. The number of halogens is 1. The average Bonchev–Trinajstić information content (AvgIpc) is 2.78. The molecule has 5 nitrogen and oxygen atoms in total. The Bertz CT molecular complexity index is 690. The molecule has 0 bridgehead atoms. The van der Waals surface area contributed by atoms with Crippen molar-refractivity contribution in [3.05, 3.63) is 46.6 Å². The van der Waals surface area contributed by atoms with Gasteiger partial charge in [0, 0.05) is 6.20 Å². The summed E-state index contributed by atoms with van der Waals surface area (Å²) in [4.78, 5) is 11.1. The molecular formula is C17H21ClN2O3. The van der Waals surface area contributed by atoms with Crippen LogP contribution in [-0.4, -0.2) is 26.5 Å². The van der Waals surface area contributed by atoms with Crippen LogP contribution in [0.4, 0.5) is 0 Å². The van der Waals surface area contributed by atoms with Crippen molar-refractivity contribution in [2.24, 2.45) is 0 Å². The Morgan fingerprint density at radius 3 is 2.48 bits per heavy atom. The van der Waals surface area contributed by atoms with Crippen molar-refractivity contribution in [2.45, 2.75) is 45.8 Å². The van der Waals surface area contributed by atoms with Crippen LogP contribution in [-0.2, 0) is 11.3 Å². The molecule has 124 valence electrons. The van der Waals surface area contributed by atoms with Crippen molar-refractivity contribution in [2.75, 3.05) is 0 Å². The SMILES string of the molecule is CC(C)c1ccc(Cn2cc(Cl)c(OC(C)(C)C(=O)O)n2)cc1. The summed E-state index contributed by atoms with van der Waals surface area (Å²) in [6, 6.07) is 8.28. The van der Waals surface area contributed by atoms with E-state index in [1.807, 2.05) is 12.1 Å². The molecule has 0 atom stereocenters. The second-order valence-corrected chi connectivity index (χ2v) is 6.70. The highest BCUT2D eigenvalue weighted by Gasteiger charge is 2.31. The molecule has 6 heteroatoms. The molecule has 0 unspecified atom stereocenters. The van der Waals surface area contributed by atoms with Gasteiger partial charge in [-0.05, 0) is 30.9 Å². The maximum atomic E-state index is 11.1. The number of ether oxygens (including phenoxy) is 1. The van der Waals surface area contributed by atoms with Crippen molar-refractivity contribution in [3.8, 4) is 5.88 Å². The molecule has 1 heterocycles. The zero-order valence-corrected chi connectivity index (χ0v) is 14.5. The van der Waals surface area contributed by atoms with E-state index >= 15 is 0 Å². The van der Waals surface area contributed by atoms with E-state index in [4.69, 9.17) is 21.4 Å². The van der Waals surface area contributed by atoms with Crippen molar-refractivity contribution < 1.29 is 14.6 Å². The molecule has 0 aliphatic rings. The van der Waals surface area contributed by atoms with Gasteiger partial charge in [0.2, 0.25) is 5.60 Å². The minimum absolute atomic E-state index is 0.123. The Morgan fingerprint density at radius 2 is 1.96 bits per heavy atom. The summed E-state index contributed by atoms with van der Waals surface area (Å²) < 4.78 is 7.04. The number of carboxylic acids is 1. The van der Waals surface area contributed by atoms with Crippen molar-refractivity contribution >= 4 is 17.6 Å². The van der Waals surface area contributed by atoms with Gasteiger partial charge in [-0.1, -0.05) is 49.7 Å². The molecule has 0 spiro atoms. The molecule has 1 aromatic carbocycles. The number of aliphatic carboxylic acids is 1.